The monoisotopic (exact) mass is 256 g/mol. The van der Waals surface area contributed by atoms with Crippen molar-refractivity contribution < 1.29 is 14.7 Å². The van der Waals surface area contributed by atoms with E-state index in [1.165, 1.54) is 0 Å². The van der Waals surface area contributed by atoms with Crippen LogP contribution >= 0.6 is 11.6 Å². The van der Waals surface area contributed by atoms with Gasteiger partial charge < -0.3 is 15.7 Å². The molecule has 1 aromatic carbocycles. The van der Waals surface area contributed by atoms with E-state index in [-0.39, 0.29) is 0 Å². The summed E-state index contributed by atoms with van der Waals surface area (Å²) < 4.78 is 0. The Hall–Kier alpha value is -1.75. The first-order valence-electron chi connectivity index (χ1n) is 5.09. The second kappa shape index (κ2) is 6.10. The molecule has 0 aromatic heterocycles. The number of anilines is 1. The average Bonchev–Trinajstić information content (AvgIpc) is 2.28. The lowest BCUT2D eigenvalue weighted by Gasteiger charge is -2.13. The van der Waals surface area contributed by atoms with Gasteiger partial charge in [-0.3, -0.25) is 0 Å². The van der Waals surface area contributed by atoms with Crippen molar-refractivity contribution in [1.29, 1.82) is 0 Å². The molecule has 1 aromatic rings. The molecule has 1 atom stereocenters. The molecule has 0 aliphatic carbocycles. The number of carboxylic acids is 1. The minimum absolute atomic E-state index is 0.311. The number of carbonyl (C=O) groups excluding carboxylic acids is 1. The molecule has 17 heavy (non-hydrogen) atoms. The molecule has 0 saturated carbocycles. The number of benzene rings is 1. The van der Waals surface area contributed by atoms with Crippen LogP contribution in [0.1, 0.15) is 13.3 Å². The summed E-state index contributed by atoms with van der Waals surface area (Å²) in [5, 5.41) is 14.0. The van der Waals surface area contributed by atoms with Gasteiger partial charge in [-0.25, -0.2) is 9.59 Å². The van der Waals surface area contributed by atoms with Crippen LogP contribution in [-0.4, -0.2) is 23.1 Å². The van der Waals surface area contributed by atoms with Gasteiger partial charge in [-0.1, -0.05) is 30.7 Å². The van der Waals surface area contributed by atoms with E-state index in [2.05, 4.69) is 10.6 Å². The maximum Gasteiger partial charge on any atom is 0.326 e. The molecule has 0 saturated heterocycles. The molecule has 0 radical (unpaired) electrons. The molecule has 0 fully saturated rings. The lowest BCUT2D eigenvalue weighted by molar-refractivity contribution is -0.139. The number of carbonyl (C=O) groups is 2. The number of halogens is 1. The van der Waals surface area contributed by atoms with Crippen molar-refractivity contribution in [3.63, 3.8) is 0 Å². The maximum atomic E-state index is 11.5. The van der Waals surface area contributed by atoms with Crippen LogP contribution in [0.2, 0.25) is 5.02 Å². The van der Waals surface area contributed by atoms with Crippen molar-refractivity contribution in [3.8, 4) is 0 Å². The third kappa shape index (κ3) is 3.96. The number of amides is 2. The van der Waals surface area contributed by atoms with Crippen LogP contribution in [0.3, 0.4) is 0 Å². The van der Waals surface area contributed by atoms with E-state index in [1.54, 1.807) is 31.2 Å². The fraction of sp³-hybridized carbons (Fsp3) is 0.273. The lowest BCUT2D eigenvalue weighted by Crippen LogP contribution is -2.42. The molecule has 0 aliphatic heterocycles. The number of hydrogen-bond donors (Lipinski definition) is 3. The molecule has 0 bridgehead atoms. The quantitative estimate of drug-likeness (QED) is 0.774. The molecule has 0 heterocycles. The van der Waals surface area contributed by atoms with Crippen LogP contribution in [-0.2, 0) is 4.79 Å². The third-order valence-corrected chi connectivity index (χ3v) is 2.46. The summed E-state index contributed by atoms with van der Waals surface area (Å²) in [5.74, 6) is -1.07. The predicted molar refractivity (Wildman–Crippen MR) is 65.3 cm³/mol. The van der Waals surface area contributed by atoms with Gasteiger partial charge in [0.15, 0.2) is 0 Å². The fourth-order valence-corrected chi connectivity index (χ4v) is 1.40. The molecule has 3 N–H and O–H groups in total. The first kappa shape index (κ1) is 13.3. The normalized spacial score (nSPS) is 11.6. The highest BCUT2D eigenvalue weighted by Gasteiger charge is 2.17. The Kier molecular flexibility index (Phi) is 4.78. The number of nitrogens with one attached hydrogen (secondary N) is 2. The van der Waals surface area contributed by atoms with Crippen molar-refractivity contribution >= 4 is 29.3 Å². The largest absolute Gasteiger partial charge is 0.480 e. The summed E-state index contributed by atoms with van der Waals surface area (Å²) in [6, 6.07) is 5.22. The SMILES string of the molecule is CC[C@H](NC(=O)Nc1ccccc1Cl)C(=O)O. The highest BCUT2D eigenvalue weighted by Crippen LogP contribution is 2.20. The first-order chi connectivity index (χ1) is 8.04. The Morgan fingerprint density at radius 2 is 2.06 bits per heavy atom. The molecule has 2 amide bonds. The van der Waals surface area contributed by atoms with E-state index in [1.807, 2.05) is 0 Å². The van der Waals surface area contributed by atoms with Crippen molar-refractivity contribution in [1.82, 2.24) is 5.32 Å². The van der Waals surface area contributed by atoms with Crippen molar-refractivity contribution in [3.05, 3.63) is 29.3 Å². The average molecular weight is 257 g/mol. The van der Waals surface area contributed by atoms with Crippen molar-refractivity contribution in [2.24, 2.45) is 0 Å². The summed E-state index contributed by atoms with van der Waals surface area (Å²) in [5.41, 5.74) is 0.437. The smallest absolute Gasteiger partial charge is 0.326 e. The van der Waals surface area contributed by atoms with Crippen LogP contribution in [0.4, 0.5) is 10.5 Å². The number of aliphatic carboxylic acids is 1. The molecule has 0 spiro atoms. The van der Waals surface area contributed by atoms with Gasteiger partial charge in [-0.2, -0.15) is 0 Å². The Morgan fingerprint density at radius 3 is 2.59 bits per heavy atom. The maximum absolute atomic E-state index is 11.5. The van der Waals surface area contributed by atoms with E-state index in [0.717, 1.165) is 0 Å². The van der Waals surface area contributed by atoms with E-state index >= 15 is 0 Å². The van der Waals surface area contributed by atoms with Crippen molar-refractivity contribution in [2.45, 2.75) is 19.4 Å². The summed E-state index contributed by atoms with van der Waals surface area (Å²) in [6.07, 6.45) is 0.311. The van der Waals surface area contributed by atoms with Gasteiger partial charge in [0.05, 0.1) is 10.7 Å². The number of para-hydroxylation sites is 1. The van der Waals surface area contributed by atoms with E-state index in [0.29, 0.717) is 17.1 Å². The van der Waals surface area contributed by atoms with Crippen LogP contribution in [0.5, 0.6) is 0 Å². The number of urea groups is 1. The Morgan fingerprint density at radius 1 is 1.41 bits per heavy atom. The zero-order chi connectivity index (χ0) is 12.8. The standard InChI is InChI=1S/C11H13ClN2O3/c1-2-8(10(15)16)13-11(17)14-9-6-4-3-5-7(9)12/h3-6,8H,2H2,1H3,(H,15,16)(H2,13,14,17)/t8-/m0/s1. The summed E-state index contributed by atoms with van der Waals surface area (Å²) in [7, 11) is 0. The van der Waals surface area contributed by atoms with Gasteiger partial charge in [-0.15, -0.1) is 0 Å². The lowest BCUT2D eigenvalue weighted by atomic mass is 10.2. The van der Waals surface area contributed by atoms with E-state index in [9.17, 15) is 9.59 Å². The van der Waals surface area contributed by atoms with Crippen LogP contribution in [0.25, 0.3) is 0 Å². The Bertz CT molecular complexity index is 423. The van der Waals surface area contributed by atoms with Crippen LogP contribution < -0.4 is 10.6 Å². The molecule has 92 valence electrons. The van der Waals surface area contributed by atoms with Gasteiger partial charge in [-0.05, 0) is 18.6 Å². The zero-order valence-corrected chi connectivity index (χ0v) is 9.99. The third-order valence-electron chi connectivity index (χ3n) is 2.13. The van der Waals surface area contributed by atoms with Gasteiger partial charge in [0.1, 0.15) is 6.04 Å². The van der Waals surface area contributed by atoms with Crippen LogP contribution in [0, 0.1) is 0 Å². The van der Waals surface area contributed by atoms with Gasteiger partial charge >= 0.3 is 12.0 Å². The summed E-state index contributed by atoms with van der Waals surface area (Å²) in [6.45, 7) is 1.68. The number of carboxylic acid groups (broad SMARTS) is 1. The highest BCUT2D eigenvalue weighted by molar-refractivity contribution is 6.33. The molecule has 5 nitrogen and oxygen atoms in total. The molecule has 0 aliphatic rings. The van der Waals surface area contributed by atoms with E-state index in [4.69, 9.17) is 16.7 Å². The fourth-order valence-electron chi connectivity index (χ4n) is 1.22. The summed E-state index contributed by atoms with van der Waals surface area (Å²) in [4.78, 5) is 22.2. The van der Waals surface area contributed by atoms with Crippen LogP contribution in [0.15, 0.2) is 24.3 Å². The first-order valence-corrected chi connectivity index (χ1v) is 5.47. The van der Waals surface area contributed by atoms with Gasteiger partial charge in [0.25, 0.3) is 0 Å². The molecular formula is C11H13ClN2O3. The highest BCUT2D eigenvalue weighted by atomic mass is 35.5. The molecular weight excluding hydrogens is 244 g/mol. The zero-order valence-electron chi connectivity index (χ0n) is 9.24. The van der Waals surface area contributed by atoms with Gasteiger partial charge in [0, 0.05) is 0 Å². The minimum Gasteiger partial charge on any atom is -0.480 e. The summed E-state index contributed by atoms with van der Waals surface area (Å²) >= 11 is 5.84. The number of rotatable bonds is 4. The Labute approximate surface area is 104 Å². The molecule has 6 heteroatoms. The second-order valence-corrected chi connectivity index (χ2v) is 3.78. The van der Waals surface area contributed by atoms with E-state index < -0.39 is 18.0 Å². The topological polar surface area (TPSA) is 78.4 Å². The predicted octanol–water partition coefficient (Wildman–Crippen LogP) is 2.32. The van der Waals surface area contributed by atoms with Gasteiger partial charge in [0.2, 0.25) is 0 Å². The minimum atomic E-state index is -1.07. The Balaban J connectivity index is 2.61. The second-order valence-electron chi connectivity index (χ2n) is 3.38. The number of hydrogen-bond acceptors (Lipinski definition) is 2. The molecule has 0 unspecified atom stereocenters. The van der Waals surface area contributed by atoms with Crippen molar-refractivity contribution in [2.75, 3.05) is 5.32 Å². The molecule has 1 rings (SSSR count).